The first-order chi connectivity index (χ1) is 9.24. The van der Waals surface area contributed by atoms with Crippen molar-refractivity contribution < 1.29 is 0 Å². The van der Waals surface area contributed by atoms with E-state index in [0.717, 1.165) is 20.3 Å². The Morgan fingerprint density at radius 2 is 1.84 bits per heavy atom. The van der Waals surface area contributed by atoms with Gasteiger partial charge in [-0.05, 0) is 30.3 Å². The van der Waals surface area contributed by atoms with Gasteiger partial charge < -0.3 is 5.73 Å². The molecule has 0 bridgehead atoms. The topological polar surface area (TPSA) is 38.9 Å². The molecule has 2 nitrogen and oxygen atoms in total. The summed E-state index contributed by atoms with van der Waals surface area (Å²) in [6.45, 7) is 0. The van der Waals surface area contributed by atoms with E-state index in [2.05, 4.69) is 39.1 Å². The fourth-order valence-electron chi connectivity index (χ4n) is 1.88. The van der Waals surface area contributed by atoms with Gasteiger partial charge in [-0.2, -0.15) is 0 Å². The maximum Gasteiger partial charge on any atom is 0.0715 e. The highest BCUT2D eigenvalue weighted by Crippen LogP contribution is 2.37. The largest absolute Gasteiger partial charge is 0.397 e. The van der Waals surface area contributed by atoms with E-state index in [-0.39, 0.29) is 0 Å². The van der Waals surface area contributed by atoms with Gasteiger partial charge in [-0.3, -0.25) is 4.98 Å². The van der Waals surface area contributed by atoms with Crippen LogP contribution in [-0.4, -0.2) is 4.98 Å². The molecule has 0 aliphatic heterocycles. The highest BCUT2D eigenvalue weighted by Gasteiger charge is 2.09. The summed E-state index contributed by atoms with van der Waals surface area (Å²) in [6, 6.07) is 16.3. The van der Waals surface area contributed by atoms with Crippen molar-refractivity contribution in [1.29, 1.82) is 0 Å². The van der Waals surface area contributed by atoms with Crippen LogP contribution in [0, 0.1) is 0 Å². The van der Waals surface area contributed by atoms with E-state index >= 15 is 0 Å². The second-order valence-electron chi connectivity index (χ2n) is 4.12. The normalized spacial score (nSPS) is 10.8. The molecule has 0 amide bonds. The number of fused-ring (bicyclic) bond motifs is 1. The Bertz CT molecular complexity index is 724. The minimum absolute atomic E-state index is 0.708. The predicted octanol–water partition coefficient (Wildman–Crippen LogP) is 4.73. The van der Waals surface area contributed by atoms with E-state index < -0.39 is 0 Å². The number of hydrogen-bond donors (Lipinski definition) is 1. The summed E-state index contributed by atoms with van der Waals surface area (Å²) < 4.78 is 1.03. The molecule has 0 aliphatic rings. The molecule has 1 heterocycles. The lowest BCUT2D eigenvalue weighted by atomic mass is 10.2. The lowest BCUT2D eigenvalue weighted by molar-refractivity contribution is 1.35. The monoisotopic (exact) mass is 330 g/mol. The zero-order chi connectivity index (χ0) is 13.2. The summed E-state index contributed by atoms with van der Waals surface area (Å²) in [4.78, 5) is 6.59. The van der Waals surface area contributed by atoms with Gasteiger partial charge in [-0.25, -0.2) is 0 Å². The van der Waals surface area contributed by atoms with Crippen LogP contribution in [0.4, 0.5) is 5.69 Å². The number of nitrogens with two attached hydrogens (primary N) is 1. The van der Waals surface area contributed by atoms with Gasteiger partial charge in [0.1, 0.15) is 0 Å². The van der Waals surface area contributed by atoms with E-state index in [1.165, 1.54) is 4.90 Å². The summed E-state index contributed by atoms with van der Waals surface area (Å²) in [5.74, 6) is 0. The minimum Gasteiger partial charge on any atom is -0.397 e. The molecule has 4 heteroatoms. The third-order valence-corrected chi connectivity index (χ3v) is 4.43. The molecule has 0 radical (unpaired) electrons. The van der Waals surface area contributed by atoms with Crippen LogP contribution < -0.4 is 5.73 Å². The summed E-state index contributed by atoms with van der Waals surface area (Å²) in [6.07, 6.45) is 1.72. The molecule has 2 N–H and O–H groups in total. The van der Waals surface area contributed by atoms with Crippen molar-refractivity contribution in [2.75, 3.05) is 5.73 Å². The molecular formula is C15H11BrN2S. The van der Waals surface area contributed by atoms with Gasteiger partial charge >= 0.3 is 0 Å². The van der Waals surface area contributed by atoms with E-state index in [0.29, 0.717) is 5.69 Å². The molecule has 19 heavy (non-hydrogen) atoms. The summed E-state index contributed by atoms with van der Waals surface area (Å²) in [5, 5.41) is 1.07. The van der Waals surface area contributed by atoms with Crippen molar-refractivity contribution in [3.8, 4) is 0 Å². The van der Waals surface area contributed by atoms with Gasteiger partial charge in [0, 0.05) is 19.6 Å². The maximum absolute atomic E-state index is 6.09. The van der Waals surface area contributed by atoms with Gasteiger partial charge in [0.05, 0.1) is 17.4 Å². The first-order valence-electron chi connectivity index (χ1n) is 5.81. The molecule has 0 spiro atoms. The predicted molar refractivity (Wildman–Crippen MR) is 84.4 cm³/mol. The van der Waals surface area contributed by atoms with Gasteiger partial charge in [0.25, 0.3) is 0 Å². The molecule has 0 saturated carbocycles. The highest BCUT2D eigenvalue weighted by atomic mass is 79.9. The molecular weight excluding hydrogens is 320 g/mol. The SMILES string of the molecule is Nc1cnc2ccc(Br)cc2c1Sc1ccccc1. The van der Waals surface area contributed by atoms with Crippen LogP contribution in [-0.2, 0) is 0 Å². The van der Waals surface area contributed by atoms with Crippen LogP contribution in [0.3, 0.4) is 0 Å². The molecule has 3 rings (SSSR count). The summed E-state index contributed by atoms with van der Waals surface area (Å²) in [7, 11) is 0. The van der Waals surface area contributed by atoms with E-state index in [4.69, 9.17) is 5.73 Å². The Morgan fingerprint density at radius 1 is 1.05 bits per heavy atom. The van der Waals surface area contributed by atoms with Crippen LogP contribution >= 0.6 is 27.7 Å². The zero-order valence-corrected chi connectivity index (χ0v) is 12.4. The highest BCUT2D eigenvalue weighted by molar-refractivity contribution is 9.10. The van der Waals surface area contributed by atoms with Gasteiger partial charge in [-0.1, -0.05) is 45.9 Å². The lowest BCUT2D eigenvalue weighted by Gasteiger charge is -2.09. The number of halogens is 1. The number of nitrogen functional groups attached to an aromatic ring is 1. The Balaban J connectivity index is 2.16. The molecule has 94 valence electrons. The van der Waals surface area contributed by atoms with E-state index in [9.17, 15) is 0 Å². The first-order valence-corrected chi connectivity index (χ1v) is 7.41. The fourth-order valence-corrected chi connectivity index (χ4v) is 3.21. The number of pyridine rings is 1. The number of rotatable bonds is 2. The third kappa shape index (κ3) is 2.60. The minimum atomic E-state index is 0.708. The fraction of sp³-hybridized carbons (Fsp3) is 0. The molecule has 0 unspecified atom stereocenters. The lowest BCUT2D eigenvalue weighted by Crippen LogP contribution is -1.92. The number of anilines is 1. The van der Waals surface area contributed by atoms with Crippen LogP contribution in [0.1, 0.15) is 0 Å². The Morgan fingerprint density at radius 3 is 2.63 bits per heavy atom. The van der Waals surface area contributed by atoms with E-state index in [1.807, 2.05) is 30.3 Å². The Hall–Kier alpha value is -1.52. The Labute approximate surface area is 124 Å². The number of aromatic nitrogens is 1. The average Bonchev–Trinajstić information content (AvgIpc) is 2.43. The zero-order valence-electron chi connectivity index (χ0n) is 10.0. The van der Waals surface area contributed by atoms with Crippen molar-refractivity contribution in [3.63, 3.8) is 0 Å². The average molecular weight is 331 g/mol. The quantitative estimate of drug-likeness (QED) is 0.738. The second kappa shape index (κ2) is 5.23. The number of hydrogen-bond acceptors (Lipinski definition) is 3. The molecule has 0 saturated heterocycles. The van der Waals surface area contributed by atoms with Gasteiger partial charge in [-0.15, -0.1) is 0 Å². The molecule has 2 aromatic carbocycles. The molecule has 1 aromatic heterocycles. The van der Waals surface area contributed by atoms with Crippen molar-refractivity contribution in [3.05, 3.63) is 59.2 Å². The summed E-state index contributed by atoms with van der Waals surface area (Å²) >= 11 is 5.17. The van der Waals surface area contributed by atoms with Crippen molar-refractivity contribution in [2.45, 2.75) is 9.79 Å². The molecule has 3 aromatic rings. The van der Waals surface area contributed by atoms with Crippen molar-refractivity contribution in [1.82, 2.24) is 4.98 Å². The van der Waals surface area contributed by atoms with Crippen molar-refractivity contribution in [2.24, 2.45) is 0 Å². The third-order valence-electron chi connectivity index (χ3n) is 2.77. The van der Waals surface area contributed by atoms with Crippen LogP contribution in [0.25, 0.3) is 10.9 Å². The van der Waals surface area contributed by atoms with Crippen LogP contribution in [0.5, 0.6) is 0 Å². The second-order valence-corrected chi connectivity index (χ2v) is 6.12. The summed E-state index contributed by atoms with van der Waals surface area (Å²) in [5.41, 5.74) is 7.75. The van der Waals surface area contributed by atoms with Crippen molar-refractivity contribution >= 4 is 44.3 Å². The molecule has 0 atom stereocenters. The molecule has 0 aliphatic carbocycles. The first kappa shape index (κ1) is 12.5. The maximum atomic E-state index is 6.09. The van der Waals surface area contributed by atoms with Crippen LogP contribution in [0.2, 0.25) is 0 Å². The smallest absolute Gasteiger partial charge is 0.0715 e. The Kier molecular flexibility index (Phi) is 3.44. The van der Waals surface area contributed by atoms with Crippen LogP contribution in [0.15, 0.2) is 69.0 Å². The number of benzene rings is 2. The van der Waals surface area contributed by atoms with Gasteiger partial charge in [0.2, 0.25) is 0 Å². The molecule has 0 fully saturated rings. The standard InChI is InChI=1S/C15H11BrN2S/c16-10-6-7-14-12(8-10)15(13(17)9-18-14)19-11-4-2-1-3-5-11/h1-9H,17H2. The van der Waals surface area contributed by atoms with E-state index in [1.54, 1.807) is 18.0 Å². The van der Waals surface area contributed by atoms with Gasteiger partial charge in [0.15, 0.2) is 0 Å². The number of nitrogens with zero attached hydrogens (tertiary/aromatic N) is 1.